The number of benzene rings is 3. The Balaban J connectivity index is 1.91. The van der Waals surface area contributed by atoms with E-state index in [2.05, 4.69) is 0 Å². The molecule has 0 saturated carbocycles. The number of rotatable bonds is 2. The molecule has 5 heteroatoms. The monoisotopic (exact) mass is 355 g/mol. The highest BCUT2D eigenvalue weighted by Crippen LogP contribution is 2.34. The second-order valence-corrected chi connectivity index (χ2v) is 6.34. The van der Waals surface area contributed by atoms with Gasteiger partial charge in [-0.3, -0.25) is 4.79 Å². The molecule has 0 saturated heterocycles. The van der Waals surface area contributed by atoms with Gasteiger partial charge in [0, 0.05) is 16.0 Å². The zero-order chi connectivity index (χ0) is 16.8. The van der Waals surface area contributed by atoms with Crippen molar-refractivity contribution >= 4 is 56.4 Å². The fraction of sp³-hybridized carbons (Fsp3) is 0. The number of ketones is 1. The first-order chi connectivity index (χ1) is 11.5. The lowest BCUT2D eigenvalue weighted by atomic mass is 10.1. The third-order valence-corrected chi connectivity index (χ3v) is 4.52. The van der Waals surface area contributed by atoms with E-state index in [4.69, 9.17) is 33.4 Å². The van der Waals surface area contributed by atoms with Crippen LogP contribution in [0.3, 0.4) is 0 Å². The molecule has 4 aromatic rings. The lowest BCUT2D eigenvalue weighted by molar-refractivity contribution is 0.101. The van der Waals surface area contributed by atoms with Crippen molar-refractivity contribution in [2.24, 2.45) is 0 Å². The van der Waals surface area contributed by atoms with Gasteiger partial charge in [-0.25, -0.2) is 0 Å². The summed E-state index contributed by atoms with van der Waals surface area (Å²) < 4.78 is 5.74. The van der Waals surface area contributed by atoms with Crippen LogP contribution in [0.5, 0.6) is 0 Å². The van der Waals surface area contributed by atoms with E-state index in [1.807, 2.05) is 36.4 Å². The molecular weight excluding hydrogens is 345 g/mol. The number of hydrogen-bond acceptors (Lipinski definition) is 3. The second kappa shape index (κ2) is 5.55. The van der Waals surface area contributed by atoms with Crippen LogP contribution < -0.4 is 5.73 Å². The summed E-state index contributed by atoms with van der Waals surface area (Å²) in [5.74, 6) is -0.279. The summed E-state index contributed by atoms with van der Waals surface area (Å²) in [7, 11) is 0. The predicted molar refractivity (Wildman–Crippen MR) is 98.0 cm³/mol. The summed E-state index contributed by atoms with van der Waals surface area (Å²) in [5, 5.41) is 3.48. The Kier molecular flexibility index (Phi) is 3.48. The molecule has 3 aromatic carbocycles. The summed E-state index contributed by atoms with van der Waals surface area (Å²) in [4.78, 5) is 12.8. The van der Waals surface area contributed by atoms with Crippen LogP contribution in [0.15, 0.2) is 59.0 Å². The van der Waals surface area contributed by atoms with Crippen LogP contribution in [0.4, 0.5) is 5.69 Å². The van der Waals surface area contributed by atoms with E-state index in [0.717, 1.165) is 10.8 Å². The van der Waals surface area contributed by atoms with Crippen molar-refractivity contribution in [2.75, 3.05) is 5.73 Å². The largest absolute Gasteiger partial charge is 0.450 e. The topological polar surface area (TPSA) is 56.2 Å². The average molecular weight is 356 g/mol. The van der Waals surface area contributed by atoms with Crippen molar-refractivity contribution in [1.82, 2.24) is 0 Å². The molecule has 0 spiro atoms. The lowest BCUT2D eigenvalue weighted by Gasteiger charge is -2.02. The fourth-order valence-corrected chi connectivity index (χ4v) is 3.26. The van der Waals surface area contributed by atoms with E-state index < -0.39 is 0 Å². The first kappa shape index (κ1) is 15.1. The van der Waals surface area contributed by atoms with Gasteiger partial charge in [-0.05, 0) is 41.1 Å². The minimum absolute atomic E-state index is 0.0875. The second-order valence-electron chi connectivity index (χ2n) is 5.49. The van der Waals surface area contributed by atoms with Gasteiger partial charge in [0.05, 0.1) is 10.7 Å². The number of carbonyl (C=O) groups is 1. The molecule has 24 heavy (non-hydrogen) atoms. The molecule has 1 aromatic heterocycles. The number of halogens is 2. The number of furan rings is 1. The highest BCUT2D eigenvalue weighted by atomic mass is 35.5. The van der Waals surface area contributed by atoms with Crippen LogP contribution in [0, 0.1) is 0 Å². The summed E-state index contributed by atoms with van der Waals surface area (Å²) in [6.45, 7) is 0. The lowest BCUT2D eigenvalue weighted by Crippen LogP contribution is -2.03. The number of fused-ring (bicyclic) bond motifs is 2. The number of nitrogen functional groups attached to an aromatic ring is 1. The molecule has 0 bridgehead atoms. The number of anilines is 1. The van der Waals surface area contributed by atoms with E-state index in [9.17, 15) is 4.79 Å². The SMILES string of the molecule is Nc1c(C(=O)c2ccc(Cl)cc2Cl)oc2cc3ccccc3cc12. The minimum atomic E-state index is -0.366. The molecule has 0 atom stereocenters. The van der Waals surface area contributed by atoms with Gasteiger partial charge in [0.15, 0.2) is 5.76 Å². The van der Waals surface area contributed by atoms with Crippen LogP contribution in [0.2, 0.25) is 10.0 Å². The molecule has 118 valence electrons. The molecule has 1 heterocycles. The maximum atomic E-state index is 12.8. The normalized spacial score (nSPS) is 11.2. The van der Waals surface area contributed by atoms with E-state index >= 15 is 0 Å². The quantitative estimate of drug-likeness (QED) is 0.468. The Labute approximate surface area is 147 Å². The van der Waals surface area contributed by atoms with Crippen LogP contribution >= 0.6 is 23.2 Å². The predicted octanol–water partition coefficient (Wildman–Crippen LogP) is 5.71. The minimum Gasteiger partial charge on any atom is -0.450 e. The molecular formula is C19H11Cl2NO2. The number of nitrogens with two attached hydrogens (primary N) is 1. The molecule has 0 aliphatic rings. The first-order valence-electron chi connectivity index (χ1n) is 7.25. The highest BCUT2D eigenvalue weighted by molar-refractivity contribution is 6.37. The van der Waals surface area contributed by atoms with Gasteiger partial charge in [0.2, 0.25) is 5.78 Å². The van der Waals surface area contributed by atoms with Crippen molar-refractivity contribution in [3.63, 3.8) is 0 Å². The highest BCUT2D eigenvalue weighted by Gasteiger charge is 2.22. The Morgan fingerprint density at radius 2 is 1.67 bits per heavy atom. The summed E-state index contributed by atoms with van der Waals surface area (Å²) >= 11 is 12.0. The molecule has 0 radical (unpaired) electrons. The van der Waals surface area contributed by atoms with Crippen molar-refractivity contribution in [1.29, 1.82) is 0 Å². The average Bonchev–Trinajstić information content (AvgIpc) is 2.88. The van der Waals surface area contributed by atoms with E-state index in [-0.39, 0.29) is 16.6 Å². The van der Waals surface area contributed by atoms with Gasteiger partial charge >= 0.3 is 0 Å². The first-order valence-corrected chi connectivity index (χ1v) is 8.01. The molecule has 0 amide bonds. The third kappa shape index (κ3) is 2.33. The van der Waals surface area contributed by atoms with Crippen molar-refractivity contribution in [2.45, 2.75) is 0 Å². The zero-order valence-electron chi connectivity index (χ0n) is 12.3. The van der Waals surface area contributed by atoms with Gasteiger partial charge in [0.1, 0.15) is 5.58 Å². The van der Waals surface area contributed by atoms with Gasteiger partial charge in [-0.2, -0.15) is 0 Å². The zero-order valence-corrected chi connectivity index (χ0v) is 13.9. The van der Waals surface area contributed by atoms with Crippen LogP contribution in [0.1, 0.15) is 16.1 Å². The molecule has 3 nitrogen and oxygen atoms in total. The van der Waals surface area contributed by atoms with E-state index in [0.29, 0.717) is 27.2 Å². The molecule has 2 N–H and O–H groups in total. The summed E-state index contributed by atoms with van der Waals surface area (Å²) in [5.41, 5.74) is 7.35. The van der Waals surface area contributed by atoms with Crippen LogP contribution in [-0.4, -0.2) is 5.78 Å². The van der Waals surface area contributed by atoms with Crippen molar-refractivity contribution < 1.29 is 9.21 Å². The van der Waals surface area contributed by atoms with Gasteiger partial charge in [0.25, 0.3) is 0 Å². The van der Waals surface area contributed by atoms with E-state index in [1.165, 1.54) is 6.07 Å². The van der Waals surface area contributed by atoms with Crippen LogP contribution in [0.25, 0.3) is 21.7 Å². The molecule has 0 fully saturated rings. The summed E-state index contributed by atoms with van der Waals surface area (Å²) in [6.07, 6.45) is 0. The molecule has 0 unspecified atom stereocenters. The van der Waals surface area contributed by atoms with Gasteiger partial charge < -0.3 is 10.2 Å². The van der Waals surface area contributed by atoms with Gasteiger partial charge in [-0.1, -0.05) is 47.5 Å². The standard InChI is InChI=1S/C19H11Cl2NO2/c20-12-5-6-13(15(21)9-12)18(23)19-17(22)14-7-10-3-1-2-4-11(10)8-16(14)24-19/h1-9H,22H2. The van der Waals surface area contributed by atoms with Crippen molar-refractivity contribution in [3.8, 4) is 0 Å². The summed E-state index contributed by atoms with van der Waals surface area (Å²) in [6, 6.07) is 16.3. The van der Waals surface area contributed by atoms with Crippen LogP contribution in [-0.2, 0) is 0 Å². The van der Waals surface area contributed by atoms with Crippen molar-refractivity contribution in [3.05, 3.63) is 76.0 Å². The van der Waals surface area contributed by atoms with Gasteiger partial charge in [-0.15, -0.1) is 0 Å². The Bertz CT molecular complexity index is 1120. The maximum absolute atomic E-state index is 12.8. The Hall–Kier alpha value is -2.49. The molecule has 0 aliphatic heterocycles. The third-order valence-electron chi connectivity index (χ3n) is 3.98. The smallest absolute Gasteiger partial charge is 0.231 e. The van der Waals surface area contributed by atoms with E-state index in [1.54, 1.807) is 12.1 Å². The number of hydrogen-bond donors (Lipinski definition) is 1. The Morgan fingerprint density at radius 1 is 0.958 bits per heavy atom. The number of carbonyl (C=O) groups excluding carboxylic acids is 1. The molecule has 4 rings (SSSR count). The Morgan fingerprint density at radius 3 is 2.38 bits per heavy atom. The molecule has 0 aliphatic carbocycles. The fourth-order valence-electron chi connectivity index (χ4n) is 2.77. The maximum Gasteiger partial charge on any atom is 0.231 e.